The van der Waals surface area contributed by atoms with Gasteiger partial charge in [-0.3, -0.25) is 10.1 Å². The van der Waals surface area contributed by atoms with Gasteiger partial charge in [0.05, 0.1) is 6.61 Å². The molecule has 1 heterocycles. The van der Waals surface area contributed by atoms with Crippen LogP contribution in [0.5, 0.6) is 5.75 Å². The number of nitriles is 1. The van der Waals surface area contributed by atoms with E-state index in [1.807, 2.05) is 13.0 Å². The Hall–Kier alpha value is -3.43. The van der Waals surface area contributed by atoms with Crippen molar-refractivity contribution in [3.63, 3.8) is 0 Å². The van der Waals surface area contributed by atoms with Crippen LogP contribution in [0.1, 0.15) is 28.5 Å². The molecule has 0 saturated heterocycles. The van der Waals surface area contributed by atoms with Crippen molar-refractivity contribution in [2.24, 2.45) is 0 Å². The number of rotatable bonds is 7. The molecule has 0 fully saturated rings. The number of aryl methyl sites for hydroxylation is 1. The highest BCUT2D eigenvalue weighted by Gasteiger charge is 2.12. The number of carbonyl (C=O) groups is 1. The SMILES string of the molecule is CCOc1ccc(/C=C(\C#N)C(=O)Nc2ncc(Cc3ccc(C)cc3)s2)cc1. The van der Waals surface area contributed by atoms with Crippen LogP contribution >= 0.6 is 11.3 Å². The number of nitrogens with zero attached hydrogens (tertiary/aromatic N) is 2. The summed E-state index contributed by atoms with van der Waals surface area (Å²) in [6, 6.07) is 17.5. The van der Waals surface area contributed by atoms with E-state index < -0.39 is 5.91 Å². The highest BCUT2D eigenvalue weighted by molar-refractivity contribution is 7.15. The maximum atomic E-state index is 12.5. The van der Waals surface area contributed by atoms with Crippen molar-refractivity contribution in [1.82, 2.24) is 4.98 Å². The van der Waals surface area contributed by atoms with Crippen LogP contribution in [0.2, 0.25) is 0 Å². The number of carbonyl (C=O) groups excluding carboxylic acids is 1. The average molecular weight is 404 g/mol. The molecule has 0 aliphatic carbocycles. The van der Waals surface area contributed by atoms with Gasteiger partial charge in [0.1, 0.15) is 17.4 Å². The van der Waals surface area contributed by atoms with Crippen LogP contribution in [0.15, 0.2) is 60.3 Å². The van der Waals surface area contributed by atoms with Crippen molar-refractivity contribution in [3.05, 3.63) is 81.9 Å². The molecule has 1 aromatic heterocycles. The maximum absolute atomic E-state index is 12.5. The number of amides is 1. The molecule has 3 rings (SSSR count). The highest BCUT2D eigenvalue weighted by Crippen LogP contribution is 2.22. The van der Waals surface area contributed by atoms with Crippen molar-refractivity contribution < 1.29 is 9.53 Å². The molecule has 1 N–H and O–H groups in total. The molecular weight excluding hydrogens is 382 g/mol. The summed E-state index contributed by atoms with van der Waals surface area (Å²) in [5.41, 5.74) is 3.17. The molecule has 0 aliphatic rings. The number of anilines is 1. The standard InChI is InChI=1S/C23H21N3O2S/c1-3-28-20-10-8-17(9-11-20)12-19(14-24)22(27)26-23-25-15-21(29-23)13-18-6-4-16(2)5-7-18/h4-12,15H,3,13H2,1-2H3,(H,25,26,27)/b19-12+. The van der Waals surface area contributed by atoms with Crippen LogP contribution in [0, 0.1) is 18.3 Å². The molecule has 0 atom stereocenters. The van der Waals surface area contributed by atoms with Crippen LogP contribution in [-0.2, 0) is 11.2 Å². The minimum Gasteiger partial charge on any atom is -0.494 e. The van der Waals surface area contributed by atoms with E-state index in [0.29, 0.717) is 11.7 Å². The van der Waals surface area contributed by atoms with Crippen LogP contribution in [-0.4, -0.2) is 17.5 Å². The lowest BCUT2D eigenvalue weighted by Gasteiger charge is -2.03. The molecule has 1 amide bonds. The number of hydrogen-bond donors (Lipinski definition) is 1. The Bertz CT molecular complexity index is 1040. The van der Waals surface area contributed by atoms with E-state index in [-0.39, 0.29) is 5.57 Å². The number of hydrogen-bond acceptors (Lipinski definition) is 5. The van der Waals surface area contributed by atoms with Crippen molar-refractivity contribution in [2.75, 3.05) is 11.9 Å². The first-order chi connectivity index (χ1) is 14.1. The first-order valence-corrected chi connectivity index (χ1v) is 10.1. The molecule has 0 saturated carbocycles. The molecule has 5 nitrogen and oxygen atoms in total. The van der Waals surface area contributed by atoms with Crippen LogP contribution in [0.3, 0.4) is 0 Å². The third-order valence-electron chi connectivity index (χ3n) is 4.14. The van der Waals surface area contributed by atoms with Crippen molar-refractivity contribution >= 4 is 28.5 Å². The number of benzene rings is 2. The third kappa shape index (κ3) is 5.77. The van der Waals surface area contributed by atoms with E-state index in [1.165, 1.54) is 22.5 Å². The van der Waals surface area contributed by atoms with Crippen molar-refractivity contribution in [2.45, 2.75) is 20.3 Å². The van der Waals surface area contributed by atoms with E-state index in [1.54, 1.807) is 36.5 Å². The zero-order valence-corrected chi connectivity index (χ0v) is 17.1. The van der Waals surface area contributed by atoms with Crippen LogP contribution < -0.4 is 10.1 Å². The van der Waals surface area contributed by atoms with E-state index in [9.17, 15) is 10.1 Å². The lowest BCUT2D eigenvalue weighted by molar-refractivity contribution is -0.112. The second-order valence-corrected chi connectivity index (χ2v) is 7.54. The van der Waals surface area contributed by atoms with Gasteiger partial charge in [0.25, 0.3) is 5.91 Å². The summed E-state index contributed by atoms with van der Waals surface area (Å²) < 4.78 is 5.40. The molecule has 29 heavy (non-hydrogen) atoms. The van der Waals surface area contributed by atoms with Gasteiger partial charge in [-0.15, -0.1) is 11.3 Å². The Labute approximate surface area is 174 Å². The molecule has 2 aromatic carbocycles. The van der Waals surface area contributed by atoms with Crippen LogP contribution in [0.4, 0.5) is 5.13 Å². The summed E-state index contributed by atoms with van der Waals surface area (Å²) in [5.74, 6) is 0.272. The Morgan fingerprint density at radius 1 is 1.21 bits per heavy atom. The molecule has 0 radical (unpaired) electrons. The number of aromatic nitrogens is 1. The second-order valence-electron chi connectivity index (χ2n) is 6.42. The quantitative estimate of drug-likeness (QED) is 0.446. The van der Waals surface area contributed by atoms with Gasteiger partial charge < -0.3 is 4.74 Å². The lowest BCUT2D eigenvalue weighted by Crippen LogP contribution is -2.13. The zero-order chi connectivity index (χ0) is 20.6. The first-order valence-electron chi connectivity index (χ1n) is 9.23. The second kappa shape index (κ2) is 9.67. The predicted molar refractivity (Wildman–Crippen MR) is 116 cm³/mol. The monoisotopic (exact) mass is 403 g/mol. The van der Waals surface area contributed by atoms with Gasteiger partial charge in [0.2, 0.25) is 0 Å². The fourth-order valence-electron chi connectivity index (χ4n) is 2.66. The first kappa shape index (κ1) is 20.3. The Balaban J connectivity index is 1.65. The van der Waals surface area contributed by atoms with E-state index in [0.717, 1.165) is 22.6 Å². The molecule has 0 bridgehead atoms. The lowest BCUT2D eigenvalue weighted by atomic mass is 10.1. The Morgan fingerprint density at radius 2 is 1.93 bits per heavy atom. The number of nitrogens with one attached hydrogen (secondary N) is 1. The summed E-state index contributed by atoms with van der Waals surface area (Å²) in [6.45, 7) is 4.55. The summed E-state index contributed by atoms with van der Waals surface area (Å²) >= 11 is 1.41. The summed E-state index contributed by atoms with van der Waals surface area (Å²) in [6.07, 6.45) is 4.05. The molecule has 3 aromatic rings. The smallest absolute Gasteiger partial charge is 0.268 e. The summed E-state index contributed by atoms with van der Waals surface area (Å²) in [4.78, 5) is 17.8. The minimum atomic E-state index is -0.474. The average Bonchev–Trinajstić information content (AvgIpc) is 3.16. The molecule has 6 heteroatoms. The summed E-state index contributed by atoms with van der Waals surface area (Å²) in [7, 11) is 0. The van der Waals surface area contributed by atoms with Gasteiger partial charge in [-0.1, -0.05) is 42.0 Å². The maximum Gasteiger partial charge on any atom is 0.268 e. The Morgan fingerprint density at radius 3 is 2.59 bits per heavy atom. The van der Waals surface area contributed by atoms with Gasteiger partial charge >= 0.3 is 0 Å². The van der Waals surface area contributed by atoms with Gasteiger partial charge in [-0.05, 0) is 43.2 Å². The van der Waals surface area contributed by atoms with Crippen molar-refractivity contribution in [1.29, 1.82) is 5.26 Å². The van der Waals surface area contributed by atoms with Crippen LogP contribution in [0.25, 0.3) is 6.08 Å². The molecule has 0 spiro atoms. The van der Waals surface area contributed by atoms with Gasteiger partial charge in [0, 0.05) is 17.5 Å². The van der Waals surface area contributed by atoms with E-state index >= 15 is 0 Å². The fraction of sp³-hybridized carbons (Fsp3) is 0.174. The van der Waals surface area contributed by atoms with Gasteiger partial charge in [-0.2, -0.15) is 5.26 Å². The highest BCUT2D eigenvalue weighted by atomic mass is 32.1. The molecule has 0 aliphatic heterocycles. The zero-order valence-electron chi connectivity index (χ0n) is 16.3. The number of thiazole rings is 1. The largest absolute Gasteiger partial charge is 0.494 e. The predicted octanol–water partition coefficient (Wildman–Crippen LogP) is 4.99. The molecule has 0 unspecified atom stereocenters. The molecule has 146 valence electrons. The van der Waals surface area contributed by atoms with E-state index in [2.05, 4.69) is 41.5 Å². The number of ether oxygens (including phenoxy) is 1. The van der Waals surface area contributed by atoms with Crippen molar-refractivity contribution in [3.8, 4) is 11.8 Å². The fourth-order valence-corrected chi connectivity index (χ4v) is 3.50. The third-order valence-corrected chi connectivity index (χ3v) is 5.05. The topological polar surface area (TPSA) is 75.0 Å². The minimum absolute atomic E-state index is 0.0180. The summed E-state index contributed by atoms with van der Waals surface area (Å²) in [5, 5.41) is 12.6. The molecular formula is C23H21N3O2S. The van der Waals surface area contributed by atoms with Gasteiger partial charge in [-0.25, -0.2) is 4.98 Å². The normalized spacial score (nSPS) is 11.0. The Kier molecular flexibility index (Phi) is 6.77. The van der Waals surface area contributed by atoms with Gasteiger partial charge in [0.15, 0.2) is 5.13 Å². The van der Waals surface area contributed by atoms with E-state index in [4.69, 9.17) is 4.74 Å².